The number of methoxy groups -OCH3 is 2. The van der Waals surface area contributed by atoms with Crippen LogP contribution in [0.3, 0.4) is 0 Å². The lowest BCUT2D eigenvalue weighted by molar-refractivity contribution is -0.432. The lowest BCUT2D eigenvalue weighted by atomic mass is 9.40. The molecule has 11 N–H and O–H groups in total. The lowest BCUT2D eigenvalue weighted by Gasteiger charge is -2.73. The molecule has 118 heavy (non-hydrogen) atoms. The Bertz CT molecular complexity index is 3560. The van der Waals surface area contributed by atoms with E-state index in [-0.39, 0.29) is 99.6 Å². The van der Waals surface area contributed by atoms with E-state index in [9.17, 15) is 73.5 Å². The first kappa shape index (κ1) is 98.9. The van der Waals surface area contributed by atoms with Gasteiger partial charge in [-0.05, 0) is 103 Å². The number of hydrogen-bond donors (Lipinski definition) is 11. The predicted octanol–water partition coefficient (Wildman–Crippen LogP) is 2.86. The number of hydrogen-bond acceptors (Lipinski definition) is 29. The van der Waals surface area contributed by atoms with Gasteiger partial charge in [-0.2, -0.15) is 0 Å². The summed E-state index contributed by atoms with van der Waals surface area (Å²) in [4.78, 5) is 149. The largest absolute Gasteiger partial charge is 0.459 e. The molecule has 35 nitrogen and oxygen atoms in total. The number of Topliss-reactive ketones (excluding diaryl/α,β-unsaturated/α-hetero) is 1. The Labute approximate surface area is 690 Å². The van der Waals surface area contributed by atoms with E-state index in [4.69, 9.17) is 61.6 Å². The highest BCUT2D eigenvalue weighted by Gasteiger charge is 2.86. The number of esters is 4. The molecule has 3 saturated carbocycles. The van der Waals surface area contributed by atoms with Crippen LogP contribution in [0.25, 0.3) is 0 Å². The summed E-state index contributed by atoms with van der Waals surface area (Å²) in [7, 11) is 3.15. The minimum Gasteiger partial charge on any atom is -0.459 e. The molecule has 35 heteroatoms. The second-order valence-corrected chi connectivity index (χ2v) is 32.4. The van der Waals surface area contributed by atoms with Gasteiger partial charge in [0.25, 0.3) is 0 Å². The minimum absolute atomic E-state index is 0.00254. The topological polar surface area (TPSA) is 481 Å². The lowest BCUT2D eigenvalue weighted by Crippen LogP contribution is -2.92. The standard InChI is InChI=1S/C83H128N6O29/c1-52(72(99)88-58(54(3)90)30-20-24-36-86-73(100)59(87-64(94)33-38-109-44-46-111-42-40-107-12)31-21-23-34-84-63(93)32-37-108-43-45-110-41-39-106-11)25-19-22-35-85-65(95)49-112-50-66(96)115-70(68(56-26-15-13-16-27-56)89-77(103)118-78(5,6)7)75(102)114-60-48-81(104)76(116-74(101)57-28-17-14-18-29-57)83(105)80(10,71(98)69(97)67(53(60)2)79(81,8)9)61(92)47-62-82(83,51-113-62)117-55(4)91/h13-18,26-29,52-53,58-62,67-71,76,92,97-98,104-105H,19-25,30-51H2,1-12H3,(H,84,93)(H,85,95)(H,86,100)(H,87,94)(H,88,99)(H,89,103)/t52?,53-,58?,59?,60?,61+,62-,67?,68+,69-,70-,71-,76-,80+,81-,82+,83-/m0/s1. The van der Waals surface area contributed by atoms with Crippen LogP contribution in [0.1, 0.15) is 175 Å². The van der Waals surface area contributed by atoms with Crippen molar-refractivity contribution in [1.82, 2.24) is 31.9 Å². The maximum Gasteiger partial charge on any atom is 0.408 e. The van der Waals surface area contributed by atoms with Gasteiger partial charge in [0.1, 0.15) is 48.7 Å². The maximum atomic E-state index is 15.4. The van der Waals surface area contributed by atoms with Crippen molar-refractivity contribution >= 4 is 65.3 Å². The van der Waals surface area contributed by atoms with Crippen LogP contribution in [0.4, 0.5) is 4.79 Å². The zero-order valence-corrected chi connectivity index (χ0v) is 70.3. The number of carbonyl (C=O) groups excluding carboxylic acids is 11. The van der Waals surface area contributed by atoms with E-state index in [1.165, 1.54) is 64.1 Å². The molecule has 5 unspecified atom stereocenters. The number of alkyl carbamates (subject to hydrolysis) is 1. The third-order valence-corrected chi connectivity index (χ3v) is 22.6. The summed E-state index contributed by atoms with van der Waals surface area (Å²) in [5.41, 5.74) is -13.3. The van der Waals surface area contributed by atoms with E-state index in [1.807, 2.05) is 0 Å². The van der Waals surface area contributed by atoms with Gasteiger partial charge in [0.2, 0.25) is 35.6 Å². The fourth-order valence-corrected chi connectivity index (χ4v) is 15.9. The summed E-state index contributed by atoms with van der Waals surface area (Å²) < 4.78 is 73.2. The van der Waals surface area contributed by atoms with Crippen LogP contribution in [0.5, 0.6) is 0 Å². The van der Waals surface area contributed by atoms with Crippen LogP contribution in [-0.4, -0.2) is 288 Å². The van der Waals surface area contributed by atoms with Crippen LogP contribution >= 0.6 is 0 Å². The van der Waals surface area contributed by atoms with E-state index in [0.29, 0.717) is 97.7 Å². The number of ether oxygens (including phenoxy) is 13. The number of aliphatic hydroxyl groups excluding tert-OH is 3. The van der Waals surface area contributed by atoms with Gasteiger partial charge < -0.3 is 119 Å². The summed E-state index contributed by atoms with van der Waals surface area (Å²) in [5, 5.41) is 82.4. The smallest absolute Gasteiger partial charge is 0.408 e. The Morgan fingerprint density at radius 2 is 1.15 bits per heavy atom. The van der Waals surface area contributed by atoms with E-state index in [1.54, 1.807) is 73.1 Å². The number of unbranched alkanes of at least 4 members (excludes halogenated alkanes) is 3. The molecule has 6 amide bonds. The average Bonchev–Trinajstić information content (AvgIpc) is 0.651. The summed E-state index contributed by atoms with van der Waals surface area (Å²) >= 11 is 0. The fraction of sp³-hybridized carbons (Fsp3) is 0.723. The number of nitrogens with one attached hydrogen (secondary N) is 6. The van der Waals surface area contributed by atoms with Gasteiger partial charge in [-0.3, -0.25) is 33.6 Å². The van der Waals surface area contributed by atoms with Crippen molar-refractivity contribution in [3.8, 4) is 0 Å². The summed E-state index contributed by atoms with van der Waals surface area (Å²) in [6, 6.07) is 11.9. The third kappa shape index (κ3) is 27.0. The van der Waals surface area contributed by atoms with Gasteiger partial charge in [-0.15, -0.1) is 0 Å². The predicted molar refractivity (Wildman–Crippen MR) is 421 cm³/mol. The average molecular weight is 1670 g/mol. The van der Waals surface area contributed by atoms with Crippen LogP contribution in [0.2, 0.25) is 0 Å². The molecular weight excluding hydrogens is 1540 g/mol. The highest BCUT2D eigenvalue weighted by atomic mass is 16.7. The zero-order valence-electron chi connectivity index (χ0n) is 70.3. The highest BCUT2D eigenvalue weighted by molar-refractivity contribution is 5.90. The van der Waals surface area contributed by atoms with E-state index in [0.717, 1.165) is 6.92 Å². The number of fused-ring (bicyclic) bond motifs is 5. The number of benzene rings is 2. The van der Waals surface area contributed by atoms with Crippen LogP contribution in [0.15, 0.2) is 60.7 Å². The molecule has 4 fully saturated rings. The Kier molecular flexibility index (Phi) is 39.7. The van der Waals surface area contributed by atoms with Gasteiger partial charge in [0.15, 0.2) is 23.1 Å². The van der Waals surface area contributed by atoms with E-state index >= 15 is 4.79 Å². The van der Waals surface area contributed by atoms with Crippen molar-refractivity contribution in [3.05, 3.63) is 71.8 Å². The first-order chi connectivity index (χ1) is 55.9. The van der Waals surface area contributed by atoms with Crippen LogP contribution < -0.4 is 31.9 Å². The quantitative estimate of drug-likeness (QED) is 0.0258. The molecule has 17 atom stereocenters. The molecule has 1 aliphatic heterocycles. The van der Waals surface area contributed by atoms with Crippen molar-refractivity contribution in [3.63, 3.8) is 0 Å². The maximum absolute atomic E-state index is 15.4. The van der Waals surface area contributed by atoms with Gasteiger partial charge >= 0.3 is 30.0 Å². The van der Waals surface area contributed by atoms with E-state index < -0.39 is 180 Å². The molecule has 6 rings (SSSR count). The molecule has 1 saturated heterocycles. The number of carbonyl (C=O) groups is 11. The van der Waals surface area contributed by atoms with Crippen molar-refractivity contribution in [2.45, 2.75) is 236 Å². The van der Waals surface area contributed by atoms with Crippen LogP contribution in [0, 0.1) is 28.6 Å². The monoisotopic (exact) mass is 1670 g/mol. The molecule has 4 aliphatic rings. The van der Waals surface area contributed by atoms with Crippen molar-refractivity contribution in [2.24, 2.45) is 28.6 Å². The van der Waals surface area contributed by atoms with Crippen molar-refractivity contribution in [2.75, 3.05) is 120 Å². The number of rotatable bonds is 51. The van der Waals surface area contributed by atoms with Crippen molar-refractivity contribution in [1.29, 1.82) is 0 Å². The number of amides is 6. The summed E-state index contributed by atoms with van der Waals surface area (Å²) in [5.74, 6) is -10.0. The van der Waals surface area contributed by atoms with Gasteiger partial charge in [0.05, 0.1) is 108 Å². The minimum atomic E-state index is -3.06. The molecule has 0 radical (unpaired) electrons. The molecule has 2 bridgehead atoms. The summed E-state index contributed by atoms with van der Waals surface area (Å²) in [6.07, 6.45) is -11.8. The fourth-order valence-electron chi connectivity index (χ4n) is 15.9. The van der Waals surface area contributed by atoms with Crippen LogP contribution in [-0.2, 0) is 105 Å². The SMILES string of the molecule is COCCOCCOCCC(=O)NCCCCC(NC(=O)CCOCCOCCOC)C(=O)NCCCCC(NC(=O)C(C)CCCCNC(=O)COCC(=O)O[C@H](C(=O)OC1C[C@]2(O)[C@H](OC(=O)c3ccccc3)[C@]3(O)[C@](C)([C@H](O)C[C@@H]4OC[C@@]43OC(C)=O)[C@@H](O)[C@@H](O)C([C@H]1C)C2(C)C)[C@H](NC(=O)OC(C)(C)C)c1ccccc1)C(C)=O. The first-order valence-corrected chi connectivity index (χ1v) is 40.7. The molecule has 2 aromatic rings. The Morgan fingerprint density at radius 3 is 1.71 bits per heavy atom. The first-order valence-electron chi connectivity index (χ1n) is 40.7. The van der Waals surface area contributed by atoms with Crippen molar-refractivity contribution < 1.29 is 140 Å². The van der Waals surface area contributed by atoms with Gasteiger partial charge in [0, 0.05) is 83.7 Å². The van der Waals surface area contributed by atoms with Gasteiger partial charge in [-0.25, -0.2) is 19.2 Å². The Hall–Kier alpha value is -7.91. The Balaban J connectivity index is 1.04. The molecular formula is C83H128N6O29. The number of ketones is 1. The summed E-state index contributed by atoms with van der Waals surface area (Å²) in [6.45, 7) is 16.5. The molecule has 3 aliphatic carbocycles. The molecule has 1 heterocycles. The van der Waals surface area contributed by atoms with Gasteiger partial charge in [-0.1, -0.05) is 89.6 Å². The second kappa shape index (κ2) is 47.3. The van der Waals surface area contributed by atoms with E-state index in [2.05, 4.69) is 31.9 Å². The normalized spacial score (nSPS) is 25.5. The third-order valence-electron chi connectivity index (χ3n) is 22.6. The number of aliphatic hydroxyl groups is 5. The molecule has 0 spiro atoms. The molecule has 664 valence electrons. The highest BCUT2D eigenvalue weighted by Crippen LogP contribution is 2.67. The molecule has 2 aromatic carbocycles. The second-order valence-electron chi connectivity index (χ2n) is 32.4. The zero-order chi connectivity index (χ0) is 87.0. The molecule has 0 aromatic heterocycles. The Morgan fingerprint density at radius 1 is 0.610 bits per heavy atom.